The third-order valence-corrected chi connectivity index (χ3v) is 2.83. The molecule has 0 radical (unpaired) electrons. The molecular formula is C18H23NO2. The molecule has 0 aliphatic rings. The number of unbranched alkanes of at least 4 members (excludes halogenated alkanes) is 1. The predicted molar refractivity (Wildman–Crippen MR) is 86.7 cm³/mol. The topological polar surface area (TPSA) is 38.3 Å². The second kappa shape index (κ2) is 10.5. The standard InChI is InChI=1S/C12H17NO2.C6H6/c1-3-4-9-13-12(14)10-5-7-11(15-2)8-6-10;1-2-4-6-5-3-1/h5-8H,3-4,9H2,1-2H3,(H,13,14);1-6H. The summed E-state index contributed by atoms with van der Waals surface area (Å²) in [5.41, 5.74) is 0.673. The normalized spacial score (nSPS) is 9.24. The highest BCUT2D eigenvalue weighted by molar-refractivity contribution is 5.94. The molecule has 0 aromatic heterocycles. The minimum atomic E-state index is -0.0221. The lowest BCUT2D eigenvalue weighted by atomic mass is 10.2. The highest BCUT2D eigenvalue weighted by atomic mass is 16.5. The number of nitrogens with one attached hydrogen (secondary N) is 1. The fourth-order valence-corrected chi connectivity index (χ4v) is 1.61. The Balaban J connectivity index is 0.000000304. The van der Waals surface area contributed by atoms with Gasteiger partial charge in [-0.1, -0.05) is 49.7 Å². The quantitative estimate of drug-likeness (QED) is 0.846. The van der Waals surface area contributed by atoms with Gasteiger partial charge in [-0.05, 0) is 30.7 Å². The Bertz CT molecular complexity index is 468. The van der Waals surface area contributed by atoms with Crippen LogP contribution in [0.3, 0.4) is 0 Å². The van der Waals surface area contributed by atoms with Crippen LogP contribution in [-0.4, -0.2) is 19.6 Å². The van der Waals surface area contributed by atoms with Crippen molar-refractivity contribution >= 4 is 5.91 Å². The molecule has 1 N–H and O–H groups in total. The largest absolute Gasteiger partial charge is 0.497 e. The number of carbonyl (C=O) groups is 1. The molecule has 0 fully saturated rings. The zero-order chi connectivity index (χ0) is 15.3. The number of hydrogen-bond donors (Lipinski definition) is 1. The van der Waals surface area contributed by atoms with Crippen molar-refractivity contribution in [1.82, 2.24) is 5.32 Å². The highest BCUT2D eigenvalue weighted by Crippen LogP contribution is 2.10. The summed E-state index contributed by atoms with van der Waals surface area (Å²) < 4.78 is 5.02. The number of benzene rings is 2. The first-order chi connectivity index (χ1) is 10.3. The van der Waals surface area contributed by atoms with Crippen molar-refractivity contribution in [2.45, 2.75) is 19.8 Å². The van der Waals surface area contributed by atoms with E-state index in [-0.39, 0.29) is 5.91 Å². The molecule has 2 rings (SSSR count). The minimum absolute atomic E-state index is 0.0221. The maximum Gasteiger partial charge on any atom is 0.251 e. The Hall–Kier alpha value is -2.29. The van der Waals surface area contributed by atoms with Gasteiger partial charge in [0.2, 0.25) is 0 Å². The smallest absolute Gasteiger partial charge is 0.251 e. The molecule has 0 saturated carbocycles. The molecule has 112 valence electrons. The van der Waals surface area contributed by atoms with E-state index in [1.54, 1.807) is 31.4 Å². The number of rotatable bonds is 5. The number of hydrogen-bond acceptors (Lipinski definition) is 2. The molecule has 2 aromatic rings. The van der Waals surface area contributed by atoms with Crippen LogP contribution in [0.1, 0.15) is 30.1 Å². The van der Waals surface area contributed by atoms with Gasteiger partial charge in [0.15, 0.2) is 0 Å². The molecule has 1 amide bonds. The first-order valence-electron chi connectivity index (χ1n) is 7.20. The molecular weight excluding hydrogens is 262 g/mol. The number of methoxy groups -OCH3 is 1. The van der Waals surface area contributed by atoms with Gasteiger partial charge in [0.05, 0.1) is 7.11 Å². The maximum atomic E-state index is 11.6. The van der Waals surface area contributed by atoms with Crippen molar-refractivity contribution in [2.75, 3.05) is 13.7 Å². The van der Waals surface area contributed by atoms with E-state index < -0.39 is 0 Å². The molecule has 0 heterocycles. The Morgan fingerprint density at radius 1 is 1.00 bits per heavy atom. The molecule has 0 spiro atoms. The molecule has 0 atom stereocenters. The van der Waals surface area contributed by atoms with Crippen LogP contribution in [0.2, 0.25) is 0 Å². The highest BCUT2D eigenvalue weighted by Gasteiger charge is 2.03. The average Bonchev–Trinajstić information content (AvgIpc) is 2.57. The summed E-state index contributed by atoms with van der Waals surface area (Å²) in [5, 5.41) is 2.86. The molecule has 0 aliphatic carbocycles. The van der Waals surface area contributed by atoms with Gasteiger partial charge in [-0.2, -0.15) is 0 Å². The molecule has 0 aliphatic heterocycles. The van der Waals surface area contributed by atoms with E-state index in [4.69, 9.17) is 4.74 Å². The third kappa shape index (κ3) is 7.16. The van der Waals surface area contributed by atoms with E-state index in [1.165, 1.54) is 0 Å². The summed E-state index contributed by atoms with van der Waals surface area (Å²) in [7, 11) is 1.61. The molecule has 2 aromatic carbocycles. The van der Waals surface area contributed by atoms with Crippen LogP contribution in [0.15, 0.2) is 60.7 Å². The van der Waals surface area contributed by atoms with Crippen LogP contribution < -0.4 is 10.1 Å². The fraction of sp³-hybridized carbons (Fsp3) is 0.278. The van der Waals surface area contributed by atoms with Crippen LogP contribution in [0.4, 0.5) is 0 Å². The van der Waals surface area contributed by atoms with Crippen molar-refractivity contribution in [1.29, 1.82) is 0 Å². The summed E-state index contributed by atoms with van der Waals surface area (Å²) in [6.45, 7) is 2.83. The van der Waals surface area contributed by atoms with Crippen LogP contribution in [-0.2, 0) is 0 Å². The third-order valence-electron chi connectivity index (χ3n) is 2.83. The molecule has 0 saturated heterocycles. The van der Waals surface area contributed by atoms with Gasteiger partial charge < -0.3 is 10.1 Å². The van der Waals surface area contributed by atoms with Crippen LogP contribution in [0, 0.1) is 0 Å². The lowest BCUT2D eigenvalue weighted by Gasteiger charge is -2.04. The van der Waals surface area contributed by atoms with Crippen molar-refractivity contribution in [3.63, 3.8) is 0 Å². The minimum Gasteiger partial charge on any atom is -0.497 e. The van der Waals surface area contributed by atoms with Crippen molar-refractivity contribution in [2.24, 2.45) is 0 Å². The summed E-state index contributed by atoms with van der Waals surface area (Å²) in [4.78, 5) is 11.6. The van der Waals surface area contributed by atoms with Crippen molar-refractivity contribution < 1.29 is 9.53 Å². The lowest BCUT2D eigenvalue weighted by molar-refractivity contribution is 0.0953. The van der Waals surface area contributed by atoms with Gasteiger partial charge in [0, 0.05) is 12.1 Å². The Labute approximate surface area is 127 Å². The van der Waals surface area contributed by atoms with Gasteiger partial charge >= 0.3 is 0 Å². The van der Waals surface area contributed by atoms with Crippen molar-refractivity contribution in [3.05, 3.63) is 66.2 Å². The zero-order valence-electron chi connectivity index (χ0n) is 12.7. The van der Waals surface area contributed by atoms with Crippen molar-refractivity contribution in [3.8, 4) is 5.75 Å². The summed E-state index contributed by atoms with van der Waals surface area (Å²) >= 11 is 0. The maximum absolute atomic E-state index is 11.6. The average molecular weight is 285 g/mol. The number of amides is 1. The summed E-state index contributed by atoms with van der Waals surface area (Å²) in [6.07, 6.45) is 2.10. The zero-order valence-corrected chi connectivity index (χ0v) is 12.7. The van der Waals surface area contributed by atoms with Crippen LogP contribution in [0.5, 0.6) is 5.75 Å². The van der Waals surface area contributed by atoms with Gasteiger partial charge in [0.25, 0.3) is 5.91 Å². The molecule has 0 bridgehead atoms. The fourth-order valence-electron chi connectivity index (χ4n) is 1.61. The van der Waals surface area contributed by atoms with E-state index in [0.29, 0.717) is 5.56 Å². The van der Waals surface area contributed by atoms with E-state index in [1.807, 2.05) is 36.4 Å². The number of carbonyl (C=O) groups excluding carboxylic acids is 1. The Morgan fingerprint density at radius 3 is 1.95 bits per heavy atom. The van der Waals surface area contributed by atoms with E-state index in [2.05, 4.69) is 12.2 Å². The lowest BCUT2D eigenvalue weighted by Crippen LogP contribution is -2.24. The monoisotopic (exact) mass is 285 g/mol. The van der Waals surface area contributed by atoms with E-state index >= 15 is 0 Å². The molecule has 3 heteroatoms. The first-order valence-corrected chi connectivity index (χ1v) is 7.20. The second-order valence-corrected chi connectivity index (χ2v) is 4.49. The molecule has 3 nitrogen and oxygen atoms in total. The summed E-state index contributed by atoms with van der Waals surface area (Å²) in [5.74, 6) is 0.742. The van der Waals surface area contributed by atoms with Crippen LogP contribution in [0.25, 0.3) is 0 Å². The van der Waals surface area contributed by atoms with Gasteiger partial charge in [0.1, 0.15) is 5.75 Å². The van der Waals surface area contributed by atoms with Crippen LogP contribution >= 0.6 is 0 Å². The Kier molecular flexibility index (Phi) is 8.38. The van der Waals surface area contributed by atoms with Gasteiger partial charge in [-0.25, -0.2) is 0 Å². The Morgan fingerprint density at radius 2 is 1.52 bits per heavy atom. The summed E-state index contributed by atoms with van der Waals surface area (Å²) in [6, 6.07) is 19.1. The molecule has 0 unspecified atom stereocenters. The second-order valence-electron chi connectivity index (χ2n) is 4.49. The SMILES string of the molecule is CCCCNC(=O)c1ccc(OC)cc1.c1ccccc1. The predicted octanol–water partition coefficient (Wildman–Crippen LogP) is 3.91. The number of ether oxygens (including phenoxy) is 1. The van der Waals surface area contributed by atoms with E-state index in [9.17, 15) is 4.79 Å². The van der Waals surface area contributed by atoms with Gasteiger partial charge in [-0.3, -0.25) is 4.79 Å². The molecule has 21 heavy (non-hydrogen) atoms. The first kappa shape index (κ1) is 16.8. The van der Waals surface area contributed by atoms with Gasteiger partial charge in [-0.15, -0.1) is 0 Å². The van der Waals surface area contributed by atoms with E-state index in [0.717, 1.165) is 25.1 Å².